The molecule has 6 nitrogen and oxygen atoms in total. The Kier molecular flexibility index (Phi) is 6.64. The summed E-state index contributed by atoms with van der Waals surface area (Å²) in [6.07, 6.45) is 0.643. The molecule has 0 fully saturated rings. The smallest absolute Gasteiger partial charge is 0.276 e. The van der Waals surface area contributed by atoms with Gasteiger partial charge >= 0.3 is 0 Å². The molecule has 146 valence electrons. The number of aromatic nitrogens is 2. The second-order valence-corrected chi connectivity index (χ2v) is 8.06. The summed E-state index contributed by atoms with van der Waals surface area (Å²) in [5, 5.41) is 8.35. The maximum atomic E-state index is 13.4. The van der Waals surface area contributed by atoms with Crippen LogP contribution in [0.4, 0.5) is 4.39 Å². The lowest BCUT2D eigenvalue weighted by atomic mass is 9.99. The molecule has 8 heteroatoms. The molecule has 0 saturated carbocycles. The highest BCUT2D eigenvalue weighted by molar-refractivity contribution is 7.03. The molecule has 0 saturated heterocycles. The van der Waals surface area contributed by atoms with Crippen LogP contribution in [0.1, 0.15) is 63.1 Å². The van der Waals surface area contributed by atoms with Crippen LogP contribution in [0.2, 0.25) is 0 Å². The number of benzene rings is 1. The van der Waals surface area contributed by atoms with Gasteiger partial charge in [-0.1, -0.05) is 23.5 Å². The lowest BCUT2D eigenvalue weighted by Crippen LogP contribution is -2.51. The lowest BCUT2D eigenvalue weighted by Gasteiger charge is -2.36. The molecule has 0 aliphatic heterocycles. The van der Waals surface area contributed by atoms with E-state index < -0.39 is 17.4 Å². The van der Waals surface area contributed by atoms with E-state index in [1.165, 1.54) is 29.2 Å². The van der Waals surface area contributed by atoms with Crippen LogP contribution >= 0.6 is 11.5 Å². The van der Waals surface area contributed by atoms with E-state index in [-0.39, 0.29) is 23.6 Å². The molecule has 0 spiro atoms. The van der Waals surface area contributed by atoms with Gasteiger partial charge in [-0.25, -0.2) is 4.39 Å². The van der Waals surface area contributed by atoms with Crippen molar-refractivity contribution in [1.29, 1.82) is 0 Å². The van der Waals surface area contributed by atoms with Crippen LogP contribution in [0.25, 0.3) is 0 Å². The zero-order valence-electron chi connectivity index (χ0n) is 16.2. The molecule has 2 aromatic rings. The second kappa shape index (κ2) is 8.56. The van der Waals surface area contributed by atoms with Gasteiger partial charge in [-0.2, -0.15) is 0 Å². The molecule has 2 rings (SSSR count). The highest BCUT2D eigenvalue weighted by Crippen LogP contribution is 2.27. The number of hydrogen-bond donors (Lipinski definition) is 1. The minimum atomic E-state index is -0.908. The molecule has 1 N–H and O–H groups in total. The number of carbonyl (C=O) groups is 2. The van der Waals surface area contributed by atoms with E-state index in [0.717, 1.165) is 11.5 Å². The zero-order chi connectivity index (χ0) is 20.2. The Labute approximate surface area is 162 Å². The van der Waals surface area contributed by atoms with E-state index in [1.807, 2.05) is 34.6 Å². The number of hydrogen-bond acceptors (Lipinski definition) is 5. The maximum absolute atomic E-state index is 13.4. The van der Waals surface area contributed by atoms with Crippen molar-refractivity contribution in [3.05, 3.63) is 46.7 Å². The van der Waals surface area contributed by atoms with Crippen LogP contribution in [-0.4, -0.2) is 37.9 Å². The number of halogens is 1. The number of nitrogens with one attached hydrogen (secondary N) is 1. The molecule has 0 bridgehead atoms. The van der Waals surface area contributed by atoms with Gasteiger partial charge in [0.15, 0.2) is 5.69 Å². The van der Waals surface area contributed by atoms with Crippen molar-refractivity contribution in [2.75, 3.05) is 0 Å². The number of carbonyl (C=O) groups excluding carboxylic acids is 2. The van der Waals surface area contributed by atoms with Crippen molar-refractivity contribution >= 4 is 23.3 Å². The van der Waals surface area contributed by atoms with Gasteiger partial charge in [-0.15, -0.1) is 5.10 Å². The predicted molar refractivity (Wildman–Crippen MR) is 103 cm³/mol. The van der Waals surface area contributed by atoms with E-state index in [1.54, 1.807) is 5.38 Å². The van der Waals surface area contributed by atoms with Crippen molar-refractivity contribution in [3.8, 4) is 0 Å². The molecule has 0 aliphatic carbocycles. The average molecular weight is 393 g/mol. The molecule has 0 aliphatic rings. The Morgan fingerprint density at radius 2 is 1.89 bits per heavy atom. The monoisotopic (exact) mass is 392 g/mol. The molecular weight excluding hydrogens is 367 g/mol. The van der Waals surface area contributed by atoms with Crippen LogP contribution in [-0.2, 0) is 4.79 Å². The molecule has 0 radical (unpaired) electrons. The zero-order valence-corrected chi connectivity index (χ0v) is 17.0. The van der Waals surface area contributed by atoms with E-state index in [9.17, 15) is 14.0 Å². The van der Waals surface area contributed by atoms with E-state index in [0.29, 0.717) is 12.0 Å². The van der Waals surface area contributed by atoms with E-state index in [4.69, 9.17) is 0 Å². The summed E-state index contributed by atoms with van der Waals surface area (Å²) < 4.78 is 17.2. The lowest BCUT2D eigenvalue weighted by molar-refractivity contribution is -0.128. The van der Waals surface area contributed by atoms with Gasteiger partial charge < -0.3 is 10.2 Å². The molecule has 2 atom stereocenters. The Hall–Kier alpha value is -2.35. The Balaban J connectivity index is 2.53. The van der Waals surface area contributed by atoms with Crippen molar-refractivity contribution < 1.29 is 14.0 Å². The topological polar surface area (TPSA) is 75.2 Å². The van der Waals surface area contributed by atoms with Crippen LogP contribution in [0, 0.1) is 5.82 Å². The van der Waals surface area contributed by atoms with E-state index >= 15 is 0 Å². The van der Waals surface area contributed by atoms with Gasteiger partial charge in [0.2, 0.25) is 5.91 Å². The van der Waals surface area contributed by atoms with Crippen molar-refractivity contribution in [2.24, 2.45) is 0 Å². The highest BCUT2D eigenvalue weighted by atomic mass is 32.1. The van der Waals surface area contributed by atoms with Gasteiger partial charge in [0.25, 0.3) is 5.91 Å². The molecule has 1 heterocycles. The third-order valence-electron chi connectivity index (χ3n) is 4.09. The first-order valence-corrected chi connectivity index (χ1v) is 9.65. The minimum Gasteiger partial charge on any atom is -0.349 e. The normalized spacial score (nSPS) is 13.7. The summed E-state index contributed by atoms with van der Waals surface area (Å²) in [7, 11) is 0. The van der Waals surface area contributed by atoms with E-state index in [2.05, 4.69) is 14.9 Å². The van der Waals surface area contributed by atoms with Crippen LogP contribution in [0.5, 0.6) is 0 Å². The molecule has 1 aromatic heterocycles. The van der Waals surface area contributed by atoms with Gasteiger partial charge in [-0.05, 0) is 63.3 Å². The highest BCUT2D eigenvalue weighted by Gasteiger charge is 2.36. The first-order valence-electron chi connectivity index (χ1n) is 8.81. The van der Waals surface area contributed by atoms with Gasteiger partial charge in [0, 0.05) is 17.0 Å². The second-order valence-electron chi connectivity index (χ2n) is 7.45. The number of rotatable bonds is 6. The molecular formula is C19H25FN4O2S. The first-order chi connectivity index (χ1) is 12.6. The first kappa shape index (κ1) is 21.0. The van der Waals surface area contributed by atoms with Gasteiger partial charge in [0.05, 0.1) is 0 Å². The molecule has 27 heavy (non-hydrogen) atoms. The largest absolute Gasteiger partial charge is 0.349 e. The summed E-state index contributed by atoms with van der Waals surface area (Å²) in [6, 6.07) is 4.50. The summed E-state index contributed by atoms with van der Waals surface area (Å²) in [5.41, 5.74) is 0.243. The summed E-state index contributed by atoms with van der Waals surface area (Å²) in [6.45, 7) is 9.41. The maximum Gasteiger partial charge on any atom is 0.276 e. The fraction of sp³-hybridized carbons (Fsp3) is 0.474. The Morgan fingerprint density at radius 1 is 1.26 bits per heavy atom. The number of amides is 2. The van der Waals surface area contributed by atoms with Crippen molar-refractivity contribution in [2.45, 2.75) is 58.7 Å². The summed E-state index contributed by atoms with van der Waals surface area (Å²) in [4.78, 5) is 27.8. The molecule has 2 amide bonds. The fourth-order valence-electron chi connectivity index (χ4n) is 2.68. The average Bonchev–Trinajstić information content (AvgIpc) is 3.12. The van der Waals surface area contributed by atoms with Crippen LogP contribution < -0.4 is 5.32 Å². The minimum absolute atomic E-state index is 0.191. The predicted octanol–water partition coefficient (Wildman–Crippen LogP) is 3.57. The SMILES string of the molecule is CC[C@@H](C)N(C(=O)c1csnn1)[C@H](C(=O)NC(C)(C)C)c1ccc(F)cc1. The van der Waals surface area contributed by atoms with Crippen LogP contribution in [0.3, 0.4) is 0 Å². The van der Waals surface area contributed by atoms with Crippen LogP contribution in [0.15, 0.2) is 29.6 Å². The third-order valence-corrected chi connectivity index (χ3v) is 4.59. The quantitative estimate of drug-likeness (QED) is 0.815. The third kappa shape index (κ3) is 5.32. The Bertz CT molecular complexity index is 772. The van der Waals surface area contributed by atoms with Gasteiger partial charge in [-0.3, -0.25) is 9.59 Å². The standard InChI is InChI=1S/C19H25FN4O2S/c1-6-12(2)24(18(26)15-11-27-23-22-15)16(17(25)21-19(3,4)5)13-7-9-14(20)10-8-13/h7-12,16H,6H2,1-5H3,(H,21,25)/t12-,16+/m1/s1. The van der Waals surface area contributed by atoms with Crippen molar-refractivity contribution in [3.63, 3.8) is 0 Å². The fourth-order valence-corrected chi connectivity index (χ4v) is 3.11. The Morgan fingerprint density at radius 3 is 2.37 bits per heavy atom. The number of nitrogens with zero attached hydrogens (tertiary/aromatic N) is 3. The summed E-state index contributed by atoms with van der Waals surface area (Å²) >= 11 is 1.07. The van der Waals surface area contributed by atoms with Gasteiger partial charge in [0.1, 0.15) is 11.9 Å². The van der Waals surface area contributed by atoms with Crippen molar-refractivity contribution in [1.82, 2.24) is 19.8 Å². The molecule has 1 aromatic carbocycles. The summed E-state index contributed by atoms with van der Waals surface area (Å²) in [5.74, 6) is -1.11. The molecule has 0 unspecified atom stereocenters.